The van der Waals surface area contributed by atoms with Crippen molar-refractivity contribution in [3.63, 3.8) is 0 Å². The summed E-state index contributed by atoms with van der Waals surface area (Å²) in [5, 5.41) is 10.5. The van der Waals surface area contributed by atoms with Crippen LogP contribution in [0.2, 0.25) is 0 Å². The van der Waals surface area contributed by atoms with Crippen molar-refractivity contribution < 1.29 is 19.4 Å². The van der Waals surface area contributed by atoms with Gasteiger partial charge in [0.25, 0.3) is 0 Å². The standard InChI is InChI=1S/C10H9NO4/c12-9(13)5-11-6-10(14)15-8-4-2-1-3-7(8)11/h1-4H,5-6H2,(H,12,13)/p-1. The van der Waals surface area contributed by atoms with E-state index in [1.165, 1.54) is 4.90 Å². The molecule has 5 nitrogen and oxygen atoms in total. The van der Waals surface area contributed by atoms with Crippen molar-refractivity contribution in [1.29, 1.82) is 0 Å². The van der Waals surface area contributed by atoms with Gasteiger partial charge in [0.05, 0.1) is 18.2 Å². The molecule has 0 amide bonds. The minimum absolute atomic E-state index is 0.0645. The maximum absolute atomic E-state index is 11.1. The van der Waals surface area contributed by atoms with Crippen LogP contribution in [0.4, 0.5) is 5.69 Å². The van der Waals surface area contributed by atoms with Gasteiger partial charge in [-0.3, -0.25) is 0 Å². The molecule has 0 spiro atoms. The third-order valence-electron chi connectivity index (χ3n) is 2.07. The first-order valence-electron chi connectivity index (χ1n) is 4.41. The quantitative estimate of drug-likeness (QED) is 0.466. The molecule has 0 saturated heterocycles. The van der Waals surface area contributed by atoms with Gasteiger partial charge in [-0.1, -0.05) is 12.1 Å². The molecule has 15 heavy (non-hydrogen) atoms. The normalized spacial score (nSPS) is 14.4. The summed E-state index contributed by atoms with van der Waals surface area (Å²) in [4.78, 5) is 23.0. The molecule has 0 atom stereocenters. The van der Waals surface area contributed by atoms with E-state index < -0.39 is 11.9 Å². The summed E-state index contributed by atoms with van der Waals surface area (Å²) < 4.78 is 4.95. The molecule has 1 aliphatic heterocycles. The van der Waals surface area contributed by atoms with Gasteiger partial charge in [-0.05, 0) is 12.1 Å². The zero-order valence-electron chi connectivity index (χ0n) is 7.80. The fourth-order valence-corrected chi connectivity index (χ4v) is 1.50. The Kier molecular flexibility index (Phi) is 2.29. The summed E-state index contributed by atoms with van der Waals surface area (Å²) in [5.74, 6) is -1.30. The summed E-state index contributed by atoms with van der Waals surface area (Å²) in [6.07, 6.45) is 0. The second-order valence-electron chi connectivity index (χ2n) is 3.17. The van der Waals surface area contributed by atoms with Crippen LogP contribution < -0.4 is 14.7 Å². The number of benzene rings is 1. The number of hydrogen-bond donors (Lipinski definition) is 0. The first-order chi connectivity index (χ1) is 7.16. The van der Waals surface area contributed by atoms with Crippen molar-refractivity contribution in [2.45, 2.75) is 0 Å². The second kappa shape index (κ2) is 3.61. The van der Waals surface area contributed by atoms with Crippen LogP contribution in [0.25, 0.3) is 0 Å². The summed E-state index contributed by atoms with van der Waals surface area (Å²) >= 11 is 0. The maximum Gasteiger partial charge on any atom is 0.331 e. The Labute approximate surface area is 85.9 Å². The van der Waals surface area contributed by atoms with E-state index in [4.69, 9.17) is 4.74 Å². The Balaban J connectivity index is 2.33. The number of para-hydroxylation sites is 2. The highest BCUT2D eigenvalue weighted by Crippen LogP contribution is 2.30. The van der Waals surface area contributed by atoms with Crippen molar-refractivity contribution in [1.82, 2.24) is 0 Å². The van der Waals surface area contributed by atoms with Crippen LogP contribution in [0.5, 0.6) is 5.75 Å². The van der Waals surface area contributed by atoms with Crippen LogP contribution in [0.15, 0.2) is 24.3 Å². The Bertz CT molecular complexity index is 416. The first kappa shape index (κ1) is 9.51. The fourth-order valence-electron chi connectivity index (χ4n) is 1.50. The van der Waals surface area contributed by atoms with E-state index in [0.717, 1.165) is 0 Å². The van der Waals surface area contributed by atoms with E-state index in [9.17, 15) is 14.7 Å². The number of carboxylic acid groups (broad SMARTS) is 1. The number of carboxylic acids is 1. The second-order valence-corrected chi connectivity index (χ2v) is 3.17. The monoisotopic (exact) mass is 206 g/mol. The Morgan fingerprint density at radius 2 is 2.20 bits per heavy atom. The summed E-state index contributed by atoms with van der Waals surface area (Å²) in [7, 11) is 0. The molecular weight excluding hydrogens is 198 g/mol. The van der Waals surface area contributed by atoms with Crippen molar-refractivity contribution in [3.8, 4) is 5.75 Å². The van der Waals surface area contributed by atoms with Gasteiger partial charge >= 0.3 is 5.97 Å². The predicted molar refractivity (Wildman–Crippen MR) is 49.3 cm³/mol. The molecule has 0 N–H and O–H groups in total. The molecule has 0 aliphatic carbocycles. The van der Waals surface area contributed by atoms with E-state index in [1.54, 1.807) is 24.3 Å². The van der Waals surface area contributed by atoms with Crippen LogP contribution >= 0.6 is 0 Å². The molecule has 1 aliphatic rings. The number of ether oxygens (including phenoxy) is 1. The SMILES string of the molecule is O=C([O-])CN1CC(=O)Oc2ccccc21. The summed E-state index contributed by atoms with van der Waals surface area (Å²) in [5.41, 5.74) is 0.598. The highest BCUT2D eigenvalue weighted by Gasteiger charge is 2.23. The average Bonchev–Trinajstić information content (AvgIpc) is 2.16. The predicted octanol–water partition coefficient (Wildman–Crippen LogP) is -0.838. The maximum atomic E-state index is 11.1. The van der Waals surface area contributed by atoms with Gasteiger partial charge in [-0.2, -0.15) is 0 Å². The lowest BCUT2D eigenvalue weighted by Gasteiger charge is -2.29. The van der Waals surface area contributed by atoms with Crippen molar-refractivity contribution in [2.24, 2.45) is 0 Å². The van der Waals surface area contributed by atoms with E-state index in [2.05, 4.69) is 0 Å². The van der Waals surface area contributed by atoms with E-state index >= 15 is 0 Å². The molecule has 0 fully saturated rings. The highest BCUT2D eigenvalue weighted by molar-refractivity contribution is 5.86. The molecule has 78 valence electrons. The lowest BCUT2D eigenvalue weighted by atomic mass is 10.2. The van der Waals surface area contributed by atoms with Crippen LogP contribution in [0.3, 0.4) is 0 Å². The van der Waals surface area contributed by atoms with Crippen LogP contribution in [-0.2, 0) is 9.59 Å². The number of rotatable bonds is 2. The zero-order chi connectivity index (χ0) is 10.8. The highest BCUT2D eigenvalue weighted by atomic mass is 16.5. The van der Waals surface area contributed by atoms with Gasteiger partial charge < -0.3 is 19.5 Å². The number of hydrogen-bond acceptors (Lipinski definition) is 5. The third kappa shape index (κ3) is 1.90. The van der Waals surface area contributed by atoms with Crippen molar-refractivity contribution >= 4 is 17.6 Å². The van der Waals surface area contributed by atoms with Crippen LogP contribution in [0.1, 0.15) is 0 Å². The molecule has 1 aromatic rings. The van der Waals surface area contributed by atoms with Gasteiger partial charge in [-0.15, -0.1) is 0 Å². The number of carbonyl (C=O) groups is 2. The Morgan fingerprint density at radius 3 is 2.93 bits per heavy atom. The number of aliphatic carboxylic acids is 1. The fraction of sp³-hybridized carbons (Fsp3) is 0.200. The Hall–Kier alpha value is -2.04. The molecule has 1 aromatic carbocycles. The summed E-state index contributed by atoms with van der Waals surface area (Å²) in [6.45, 7) is -0.378. The molecule has 0 unspecified atom stereocenters. The number of anilines is 1. The number of carbonyl (C=O) groups excluding carboxylic acids is 2. The number of fused-ring (bicyclic) bond motifs is 1. The summed E-state index contributed by atoms with van der Waals surface area (Å²) in [6, 6.07) is 6.79. The minimum atomic E-state index is -1.22. The lowest BCUT2D eigenvalue weighted by molar-refractivity contribution is -0.303. The smallest absolute Gasteiger partial charge is 0.331 e. The number of nitrogens with zero attached hydrogens (tertiary/aromatic N) is 1. The van der Waals surface area contributed by atoms with Crippen molar-refractivity contribution in [2.75, 3.05) is 18.0 Å². The van der Waals surface area contributed by atoms with Crippen LogP contribution in [0, 0.1) is 0 Å². The van der Waals surface area contributed by atoms with E-state index in [0.29, 0.717) is 11.4 Å². The Morgan fingerprint density at radius 1 is 1.47 bits per heavy atom. The topological polar surface area (TPSA) is 69.7 Å². The molecular formula is C10H8NO4-. The van der Waals surface area contributed by atoms with E-state index in [-0.39, 0.29) is 13.1 Å². The van der Waals surface area contributed by atoms with Gasteiger partial charge in [0.15, 0.2) is 5.75 Å². The van der Waals surface area contributed by atoms with Gasteiger partial charge in [-0.25, -0.2) is 4.79 Å². The van der Waals surface area contributed by atoms with Crippen LogP contribution in [-0.4, -0.2) is 25.0 Å². The third-order valence-corrected chi connectivity index (χ3v) is 2.07. The van der Waals surface area contributed by atoms with Crippen molar-refractivity contribution in [3.05, 3.63) is 24.3 Å². The van der Waals surface area contributed by atoms with E-state index in [1.807, 2.05) is 0 Å². The molecule has 5 heteroatoms. The molecule has 0 aromatic heterocycles. The molecule has 2 rings (SSSR count). The minimum Gasteiger partial charge on any atom is -0.548 e. The first-order valence-corrected chi connectivity index (χ1v) is 4.41. The molecule has 1 heterocycles. The molecule has 0 bridgehead atoms. The van der Waals surface area contributed by atoms with Gasteiger partial charge in [0, 0.05) is 0 Å². The number of esters is 1. The lowest BCUT2D eigenvalue weighted by Crippen LogP contribution is -2.44. The van der Waals surface area contributed by atoms with Gasteiger partial charge in [0.1, 0.15) is 6.54 Å². The van der Waals surface area contributed by atoms with Gasteiger partial charge in [0.2, 0.25) is 0 Å². The largest absolute Gasteiger partial charge is 0.548 e. The molecule has 0 saturated carbocycles. The average molecular weight is 206 g/mol. The molecule has 0 radical (unpaired) electrons. The zero-order valence-corrected chi connectivity index (χ0v) is 7.80.